The van der Waals surface area contributed by atoms with Crippen LogP contribution in [0.5, 0.6) is 11.5 Å². The fraction of sp³-hybridized carbons (Fsp3) is 0.348. The molecule has 1 fully saturated rings. The van der Waals surface area contributed by atoms with Crippen LogP contribution < -0.4 is 14.4 Å². The van der Waals surface area contributed by atoms with Crippen molar-refractivity contribution >= 4 is 37.9 Å². The second-order valence-corrected chi connectivity index (χ2v) is 11.3. The molecule has 0 atom stereocenters. The molecule has 1 saturated heterocycles. The maximum absolute atomic E-state index is 13.4. The second-order valence-electron chi connectivity index (χ2n) is 7.83. The molecule has 0 radical (unpaired) electrons. The summed E-state index contributed by atoms with van der Waals surface area (Å²) in [6.45, 7) is 1.16. The average molecular weight is 511 g/mol. The summed E-state index contributed by atoms with van der Waals surface area (Å²) >= 11 is 7.34. The van der Waals surface area contributed by atoms with E-state index in [4.69, 9.17) is 26.1 Å². The van der Waals surface area contributed by atoms with Crippen LogP contribution in [0, 0.1) is 5.82 Å². The van der Waals surface area contributed by atoms with Gasteiger partial charge in [0.2, 0.25) is 0 Å². The Morgan fingerprint density at radius 2 is 1.79 bits per heavy atom. The number of hydrogen-bond donors (Lipinski definition) is 0. The first-order chi connectivity index (χ1) is 15.8. The Balaban J connectivity index is 1.41. The van der Waals surface area contributed by atoms with Crippen LogP contribution in [-0.4, -0.2) is 46.0 Å². The fourth-order valence-electron chi connectivity index (χ4n) is 3.90. The number of anilines is 1. The molecule has 0 aliphatic carbocycles. The van der Waals surface area contributed by atoms with E-state index in [1.54, 1.807) is 25.6 Å². The van der Waals surface area contributed by atoms with Gasteiger partial charge in [-0.05, 0) is 48.7 Å². The maximum atomic E-state index is 13.4. The van der Waals surface area contributed by atoms with Crippen molar-refractivity contribution in [3.05, 3.63) is 63.9 Å². The number of rotatable bonds is 7. The van der Waals surface area contributed by atoms with Gasteiger partial charge in [0.25, 0.3) is 0 Å². The minimum Gasteiger partial charge on any atom is -0.497 e. The molecule has 0 spiro atoms. The van der Waals surface area contributed by atoms with E-state index in [9.17, 15) is 12.8 Å². The molecular formula is C23H24ClFN2O4S2. The number of hydrogen-bond acceptors (Lipinski definition) is 7. The van der Waals surface area contributed by atoms with Gasteiger partial charge in [-0.2, -0.15) is 0 Å². The molecule has 176 valence electrons. The molecule has 10 heteroatoms. The van der Waals surface area contributed by atoms with Crippen molar-refractivity contribution in [1.29, 1.82) is 0 Å². The molecule has 2 aromatic carbocycles. The van der Waals surface area contributed by atoms with Crippen molar-refractivity contribution in [1.82, 2.24) is 4.98 Å². The Kier molecular flexibility index (Phi) is 7.11. The van der Waals surface area contributed by atoms with E-state index in [0.29, 0.717) is 32.4 Å². The minimum absolute atomic E-state index is 0.0672. The Labute approximate surface area is 201 Å². The highest BCUT2D eigenvalue weighted by Crippen LogP contribution is 2.31. The van der Waals surface area contributed by atoms with Crippen LogP contribution in [0.4, 0.5) is 9.52 Å². The maximum Gasteiger partial charge on any atom is 0.185 e. The van der Waals surface area contributed by atoms with Crippen LogP contribution in [0.2, 0.25) is 5.02 Å². The third-order valence-electron chi connectivity index (χ3n) is 5.71. The fourth-order valence-corrected chi connectivity index (χ4v) is 6.78. The molecule has 3 aromatic rings. The summed E-state index contributed by atoms with van der Waals surface area (Å²) in [7, 11) is -0.336. The van der Waals surface area contributed by atoms with Crippen LogP contribution in [0.25, 0.3) is 0 Å². The van der Waals surface area contributed by atoms with Crippen molar-refractivity contribution in [2.75, 3.05) is 32.2 Å². The topological polar surface area (TPSA) is 68.7 Å². The number of ether oxygens (including phenoxy) is 2. The zero-order chi connectivity index (χ0) is 23.6. The first-order valence-electron chi connectivity index (χ1n) is 10.4. The zero-order valence-corrected chi connectivity index (χ0v) is 20.6. The van der Waals surface area contributed by atoms with Crippen LogP contribution >= 0.6 is 22.9 Å². The summed E-state index contributed by atoms with van der Waals surface area (Å²) in [4.78, 5) is 6.94. The van der Waals surface area contributed by atoms with Crippen molar-refractivity contribution < 1.29 is 22.3 Å². The smallest absolute Gasteiger partial charge is 0.185 e. The molecule has 6 nitrogen and oxygen atoms in total. The Bertz CT molecular complexity index is 1220. The Hall–Kier alpha value is -2.36. The van der Waals surface area contributed by atoms with Crippen molar-refractivity contribution in [3.63, 3.8) is 0 Å². The summed E-state index contributed by atoms with van der Waals surface area (Å²) in [5.41, 5.74) is 1.96. The molecule has 0 bridgehead atoms. The molecule has 2 heterocycles. The lowest BCUT2D eigenvalue weighted by Crippen LogP contribution is -2.39. The van der Waals surface area contributed by atoms with Crippen molar-refractivity contribution in [3.8, 4) is 11.5 Å². The van der Waals surface area contributed by atoms with E-state index in [1.807, 2.05) is 23.6 Å². The van der Waals surface area contributed by atoms with Gasteiger partial charge < -0.3 is 14.4 Å². The van der Waals surface area contributed by atoms with Gasteiger partial charge in [-0.25, -0.2) is 17.8 Å². The number of nitrogens with zero attached hydrogens (tertiary/aromatic N) is 2. The van der Waals surface area contributed by atoms with Gasteiger partial charge >= 0.3 is 0 Å². The zero-order valence-electron chi connectivity index (χ0n) is 18.3. The van der Waals surface area contributed by atoms with Gasteiger partial charge in [0, 0.05) is 31.0 Å². The van der Waals surface area contributed by atoms with Gasteiger partial charge in [-0.3, -0.25) is 0 Å². The third kappa shape index (κ3) is 5.26. The number of halogens is 2. The predicted octanol–water partition coefficient (Wildman–Crippen LogP) is 4.99. The van der Waals surface area contributed by atoms with E-state index >= 15 is 0 Å². The van der Waals surface area contributed by atoms with Gasteiger partial charge in [-0.1, -0.05) is 11.6 Å². The lowest BCUT2D eigenvalue weighted by atomic mass is 10.1. The minimum atomic E-state index is -3.57. The Morgan fingerprint density at radius 3 is 2.39 bits per heavy atom. The van der Waals surface area contributed by atoms with E-state index in [1.165, 1.54) is 12.1 Å². The highest BCUT2D eigenvalue weighted by Gasteiger charge is 2.32. The molecule has 0 amide bonds. The van der Waals surface area contributed by atoms with Crippen LogP contribution in [0.15, 0.2) is 46.7 Å². The molecule has 1 aromatic heterocycles. The molecule has 33 heavy (non-hydrogen) atoms. The van der Waals surface area contributed by atoms with E-state index in [0.717, 1.165) is 34.0 Å². The van der Waals surface area contributed by atoms with Crippen LogP contribution in [0.3, 0.4) is 0 Å². The standard InChI is InChI=1S/C23H24ClFN2O4S2/c1-30-17-10-15(11-18(12-17)31-2)9-16-14-32-23(26-16)27-7-5-19(6-8-27)33(28,29)20-3-4-22(25)21(24)13-20/h3-4,10-14,19H,5-9H2,1-2H3. The lowest BCUT2D eigenvalue weighted by Gasteiger charge is -2.31. The highest BCUT2D eigenvalue weighted by atomic mass is 35.5. The van der Waals surface area contributed by atoms with Gasteiger partial charge in [0.05, 0.1) is 35.1 Å². The SMILES string of the molecule is COc1cc(Cc2csc(N3CCC(S(=O)(=O)c4ccc(F)c(Cl)c4)CC3)n2)cc(OC)c1. The predicted molar refractivity (Wildman–Crippen MR) is 128 cm³/mol. The number of thiazole rings is 1. The van der Waals surface area contributed by atoms with E-state index in [-0.39, 0.29) is 9.92 Å². The van der Waals surface area contributed by atoms with Crippen LogP contribution in [0.1, 0.15) is 24.1 Å². The normalized spacial score (nSPS) is 15.0. The van der Waals surface area contributed by atoms with Crippen LogP contribution in [-0.2, 0) is 16.3 Å². The molecule has 1 aliphatic heterocycles. The molecule has 4 rings (SSSR count). The highest BCUT2D eigenvalue weighted by molar-refractivity contribution is 7.92. The van der Waals surface area contributed by atoms with Crippen molar-refractivity contribution in [2.24, 2.45) is 0 Å². The monoisotopic (exact) mass is 510 g/mol. The number of piperidine rings is 1. The van der Waals surface area contributed by atoms with Gasteiger partial charge in [0.15, 0.2) is 15.0 Å². The van der Waals surface area contributed by atoms with E-state index < -0.39 is 20.9 Å². The number of sulfone groups is 1. The molecule has 0 unspecified atom stereocenters. The van der Waals surface area contributed by atoms with Gasteiger partial charge in [0.1, 0.15) is 17.3 Å². The van der Waals surface area contributed by atoms with Crippen molar-refractivity contribution in [2.45, 2.75) is 29.4 Å². The first kappa shape index (κ1) is 23.8. The Morgan fingerprint density at radius 1 is 1.12 bits per heavy atom. The first-order valence-corrected chi connectivity index (χ1v) is 13.2. The molecular weight excluding hydrogens is 487 g/mol. The number of aromatic nitrogens is 1. The lowest BCUT2D eigenvalue weighted by molar-refractivity contribution is 0.393. The molecule has 0 N–H and O–H groups in total. The summed E-state index contributed by atoms with van der Waals surface area (Å²) in [6.07, 6.45) is 1.58. The second kappa shape index (κ2) is 9.87. The number of methoxy groups -OCH3 is 2. The third-order valence-corrected chi connectivity index (χ3v) is 9.21. The molecule has 0 saturated carbocycles. The quantitative estimate of drug-likeness (QED) is 0.417. The number of benzene rings is 2. The summed E-state index contributed by atoms with van der Waals surface area (Å²) in [5.74, 6) is 0.827. The summed E-state index contributed by atoms with van der Waals surface area (Å²) in [5, 5.41) is 2.18. The molecule has 1 aliphatic rings. The van der Waals surface area contributed by atoms with Gasteiger partial charge in [-0.15, -0.1) is 11.3 Å². The average Bonchev–Trinajstić information content (AvgIpc) is 3.29. The largest absolute Gasteiger partial charge is 0.497 e. The summed E-state index contributed by atoms with van der Waals surface area (Å²) in [6, 6.07) is 9.31. The summed E-state index contributed by atoms with van der Waals surface area (Å²) < 4.78 is 50.0. The van der Waals surface area contributed by atoms with E-state index in [2.05, 4.69) is 4.90 Å².